The number of rotatable bonds is 4. The molecular formula is C11H12Br2N2OS. The number of hydrogen-bond acceptors (Lipinski definition) is 3. The summed E-state index contributed by atoms with van der Waals surface area (Å²) < 4.78 is 3.80. The lowest BCUT2D eigenvalue weighted by molar-refractivity contribution is 0.207. The predicted octanol–water partition coefficient (Wildman–Crippen LogP) is 3.96. The molecule has 92 valence electrons. The van der Waals surface area contributed by atoms with Gasteiger partial charge in [-0.25, -0.2) is 0 Å². The summed E-state index contributed by atoms with van der Waals surface area (Å²) in [5, 5.41) is 14.6. The van der Waals surface area contributed by atoms with Crippen LogP contribution >= 0.6 is 43.2 Å². The summed E-state index contributed by atoms with van der Waals surface area (Å²) >= 11 is 8.44. The summed E-state index contributed by atoms with van der Waals surface area (Å²) in [5.41, 5.74) is 1.71. The average Bonchev–Trinajstić information content (AvgIpc) is 2.85. The molecule has 6 heteroatoms. The molecule has 2 heterocycles. The van der Waals surface area contributed by atoms with E-state index in [1.807, 2.05) is 16.8 Å². The Morgan fingerprint density at radius 2 is 2.29 bits per heavy atom. The number of aliphatic hydroxyl groups excluding tert-OH is 1. The van der Waals surface area contributed by atoms with Crippen LogP contribution in [-0.4, -0.2) is 14.9 Å². The van der Waals surface area contributed by atoms with Gasteiger partial charge in [0.2, 0.25) is 0 Å². The van der Waals surface area contributed by atoms with E-state index in [2.05, 4.69) is 43.9 Å². The summed E-state index contributed by atoms with van der Waals surface area (Å²) in [4.78, 5) is 0. The fourth-order valence-electron chi connectivity index (χ4n) is 1.67. The number of thiophene rings is 1. The number of aromatic nitrogens is 2. The monoisotopic (exact) mass is 378 g/mol. The molecule has 0 fully saturated rings. The zero-order valence-corrected chi connectivity index (χ0v) is 13.2. The van der Waals surface area contributed by atoms with Gasteiger partial charge in [-0.05, 0) is 50.4 Å². The molecule has 0 aliphatic rings. The summed E-state index contributed by atoms with van der Waals surface area (Å²) in [7, 11) is 0. The molecule has 0 spiro atoms. The summed E-state index contributed by atoms with van der Waals surface area (Å²) in [6.07, 6.45) is 2.08. The third-order valence-electron chi connectivity index (χ3n) is 2.44. The molecule has 17 heavy (non-hydrogen) atoms. The van der Waals surface area contributed by atoms with Crippen molar-refractivity contribution in [3.8, 4) is 0 Å². The van der Waals surface area contributed by atoms with Crippen molar-refractivity contribution in [2.24, 2.45) is 0 Å². The van der Waals surface area contributed by atoms with E-state index in [0.717, 1.165) is 31.8 Å². The van der Waals surface area contributed by atoms with Crippen molar-refractivity contribution in [3.05, 3.63) is 37.2 Å². The highest BCUT2D eigenvalue weighted by atomic mass is 79.9. The molecule has 2 aromatic rings. The zero-order valence-electron chi connectivity index (χ0n) is 9.23. The summed E-state index contributed by atoms with van der Waals surface area (Å²) in [6, 6.07) is 3.79. The number of aryl methyl sites for hydroxylation is 1. The minimum Gasteiger partial charge on any atom is -0.382 e. The Bertz CT molecular complexity index is 509. The number of halogens is 2. The molecule has 1 N–H and O–H groups in total. The summed E-state index contributed by atoms with van der Waals surface area (Å²) in [6.45, 7) is 2.91. The summed E-state index contributed by atoms with van der Waals surface area (Å²) in [5.74, 6) is 0. The van der Waals surface area contributed by atoms with Crippen molar-refractivity contribution in [1.29, 1.82) is 0 Å². The fourth-order valence-corrected chi connectivity index (χ4v) is 4.56. The smallest absolute Gasteiger partial charge is 0.123 e. The SMILES string of the molecule is CCCn1nccc1C(O)c1cc(Br)sc1Br. The van der Waals surface area contributed by atoms with Crippen LogP contribution in [0.1, 0.15) is 30.7 Å². The maximum atomic E-state index is 10.4. The minimum absolute atomic E-state index is 0.638. The molecule has 0 saturated carbocycles. The first kappa shape index (κ1) is 13.3. The second kappa shape index (κ2) is 5.65. The molecule has 2 aromatic heterocycles. The second-order valence-corrected chi connectivity index (χ2v) is 7.41. The Labute approximate surface area is 121 Å². The first-order valence-electron chi connectivity index (χ1n) is 5.28. The highest BCUT2D eigenvalue weighted by Crippen LogP contribution is 2.37. The van der Waals surface area contributed by atoms with Gasteiger partial charge in [0.25, 0.3) is 0 Å². The third-order valence-corrected chi connectivity index (χ3v) is 4.83. The van der Waals surface area contributed by atoms with Crippen molar-refractivity contribution in [3.63, 3.8) is 0 Å². The van der Waals surface area contributed by atoms with Gasteiger partial charge in [-0.1, -0.05) is 6.92 Å². The Morgan fingerprint density at radius 3 is 2.88 bits per heavy atom. The highest BCUT2D eigenvalue weighted by molar-refractivity contribution is 9.12. The molecule has 0 bridgehead atoms. The molecule has 2 rings (SSSR count). The molecule has 3 nitrogen and oxygen atoms in total. The first-order valence-corrected chi connectivity index (χ1v) is 7.68. The average molecular weight is 380 g/mol. The largest absolute Gasteiger partial charge is 0.382 e. The van der Waals surface area contributed by atoms with Crippen LogP contribution in [0, 0.1) is 0 Å². The lowest BCUT2D eigenvalue weighted by atomic mass is 10.1. The molecular weight excluding hydrogens is 368 g/mol. The minimum atomic E-state index is -0.638. The van der Waals surface area contributed by atoms with Gasteiger partial charge in [-0.15, -0.1) is 11.3 Å². The van der Waals surface area contributed by atoms with E-state index in [1.165, 1.54) is 0 Å². The molecule has 0 saturated heterocycles. The van der Waals surface area contributed by atoms with Gasteiger partial charge in [0.15, 0.2) is 0 Å². The maximum absolute atomic E-state index is 10.4. The van der Waals surface area contributed by atoms with Crippen LogP contribution in [0.2, 0.25) is 0 Å². The number of nitrogens with zero attached hydrogens (tertiary/aromatic N) is 2. The van der Waals surface area contributed by atoms with Crippen LogP contribution in [0.5, 0.6) is 0 Å². The second-order valence-electron chi connectivity index (χ2n) is 3.66. The number of aliphatic hydroxyl groups is 1. The topological polar surface area (TPSA) is 38.0 Å². The van der Waals surface area contributed by atoms with Crippen LogP contribution in [0.25, 0.3) is 0 Å². The van der Waals surface area contributed by atoms with E-state index in [0.29, 0.717) is 0 Å². The standard InChI is InChI=1S/C11H12Br2N2OS/c1-2-5-15-8(3-4-14-15)10(16)7-6-9(12)17-11(7)13/h3-4,6,10,16H,2,5H2,1H3. The van der Waals surface area contributed by atoms with Crippen LogP contribution in [0.4, 0.5) is 0 Å². The molecule has 1 atom stereocenters. The van der Waals surface area contributed by atoms with Crippen molar-refractivity contribution in [2.45, 2.75) is 26.0 Å². The molecule has 0 radical (unpaired) electrons. The third kappa shape index (κ3) is 2.81. The van der Waals surface area contributed by atoms with Crippen molar-refractivity contribution in [1.82, 2.24) is 9.78 Å². The molecule has 1 unspecified atom stereocenters. The van der Waals surface area contributed by atoms with Gasteiger partial charge >= 0.3 is 0 Å². The van der Waals surface area contributed by atoms with Gasteiger partial charge in [0.1, 0.15) is 6.10 Å². The van der Waals surface area contributed by atoms with Gasteiger partial charge < -0.3 is 5.11 Å². The Kier molecular flexibility index (Phi) is 4.41. The van der Waals surface area contributed by atoms with Crippen LogP contribution in [0.3, 0.4) is 0 Å². The number of hydrogen-bond donors (Lipinski definition) is 1. The lowest BCUT2D eigenvalue weighted by Gasteiger charge is -2.12. The van der Waals surface area contributed by atoms with Crippen molar-refractivity contribution in [2.75, 3.05) is 0 Å². The van der Waals surface area contributed by atoms with Crippen molar-refractivity contribution < 1.29 is 5.11 Å². The Balaban J connectivity index is 2.33. The van der Waals surface area contributed by atoms with E-state index in [4.69, 9.17) is 0 Å². The van der Waals surface area contributed by atoms with Crippen LogP contribution in [-0.2, 0) is 6.54 Å². The predicted molar refractivity (Wildman–Crippen MR) is 76.3 cm³/mol. The fraction of sp³-hybridized carbons (Fsp3) is 0.364. The molecule has 0 amide bonds. The zero-order chi connectivity index (χ0) is 12.4. The van der Waals surface area contributed by atoms with Gasteiger partial charge in [0, 0.05) is 18.3 Å². The lowest BCUT2D eigenvalue weighted by Crippen LogP contribution is -2.09. The normalized spacial score (nSPS) is 12.9. The van der Waals surface area contributed by atoms with Crippen molar-refractivity contribution >= 4 is 43.2 Å². The van der Waals surface area contributed by atoms with E-state index < -0.39 is 6.10 Å². The Morgan fingerprint density at radius 1 is 1.53 bits per heavy atom. The van der Waals surface area contributed by atoms with Gasteiger partial charge in [-0.2, -0.15) is 5.10 Å². The van der Waals surface area contributed by atoms with E-state index in [-0.39, 0.29) is 0 Å². The van der Waals surface area contributed by atoms with Gasteiger partial charge in [0.05, 0.1) is 13.3 Å². The molecule has 0 aliphatic heterocycles. The Hall–Kier alpha value is -0.170. The van der Waals surface area contributed by atoms with Gasteiger partial charge in [-0.3, -0.25) is 4.68 Å². The maximum Gasteiger partial charge on any atom is 0.123 e. The highest BCUT2D eigenvalue weighted by Gasteiger charge is 2.19. The molecule has 0 aliphatic carbocycles. The quantitative estimate of drug-likeness (QED) is 0.872. The van der Waals surface area contributed by atoms with E-state index >= 15 is 0 Å². The van der Waals surface area contributed by atoms with E-state index in [1.54, 1.807) is 17.5 Å². The van der Waals surface area contributed by atoms with Crippen LogP contribution in [0.15, 0.2) is 25.9 Å². The van der Waals surface area contributed by atoms with E-state index in [9.17, 15) is 5.11 Å². The molecule has 0 aromatic carbocycles. The first-order chi connectivity index (χ1) is 8.13. The van der Waals surface area contributed by atoms with Crippen LogP contribution < -0.4 is 0 Å².